The molecule has 0 aliphatic carbocycles. The van der Waals surface area contributed by atoms with E-state index in [1.54, 1.807) is 36.5 Å². The molecule has 0 spiro atoms. The standard InChI is InChI=1S/C22H16F3N3O3/c23-22(24,25)16-4-3-6-18(11-16)30-14-20-8-7-19(31-20)10-15(12-26)21(29)28-13-17-5-1-2-9-27-17/h1-11H,13-14H2,(H,28,29)/b15-10+. The number of alkyl halides is 3. The highest BCUT2D eigenvalue weighted by atomic mass is 19.4. The molecule has 0 atom stereocenters. The molecule has 0 saturated carbocycles. The maximum absolute atomic E-state index is 12.8. The number of pyridine rings is 1. The number of aromatic nitrogens is 1. The average Bonchev–Trinajstić information content (AvgIpc) is 3.22. The first-order valence-corrected chi connectivity index (χ1v) is 9.04. The van der Waals surface area contributed by atoms with Gasteiger partial charge in [0.05, 0.1) is 17.8 Å². The Morgan fingerprint density at radius 2 is 2.03 bits per heavy atom. The van der Waals surface area contributed by atoms with Gasteiger partial charge in [-0.25, -0.2) is 0 Å². The fourth-order valence-electron chi connectivity index (χ4n) is 2.53. The predicted octanol–water partition coefficient (Wildman–Crippen LogP) is 4.50. The number of nitrogens with zero attached hydrogens (tertiary/aromatic N) is 2. The van der Waals surface area contributed by atoms with Gasteiger partial charge in [-0.2, -0.15) is 18.4 Å². The van der Waals surface area contributed by atoms with Crippen LogP contribution >= 0.6 is 0 Å². The van der Waals surface area contributed by atoms with Gasteiger partial charge in [0.25, 0.3) is 5.91 Å². The third kappa shape index (κ3) is 6.21. The number of halogens is 3. The highest BCUT2D eigenvalue weighted by molar-refractivity contribution is 6.01. The Bertz CT molecular complexity index is 1120. The number of benzene rings is 1. The van der Waals surface area contributed by atoms with Crippen LogP contribution in [0, 0.1) is 11.3 Å². The number of hydrogen-bond donors (Lipinski definition) is 1. The van der Waals surface area contributed by atoms with Gasteiger partial charge >= 0.3 is 6.18 Å². The van der Waals surface area contributed by atoms with E-state index >= 15 is 0 Å². The van der Waals surface area contributed by atoms with Crippen molar-refractivity contribution in [2.24, 2.45) is 0 Å². The van der Waals surface area contributed by atoms with Gasteiger partial charge in [-0.15, -0.1) is 0 Å². The van der Waals surface area contributed by atoms with Crippen LogP contribution in [0.15, 0.2) is 70.8 Å². The average molecular weight is 427 g/mol. The van der Waals surface area contributed by atoms with Crippen molar-refractivity contribution in [3.8, 4) is 11.8 Å². The molecule has 31 heavy (non-hydrogen) atoms. The maximum Gasteiger partial charge on any atom is 0.416 e. The Labute approximate surface area is 175 Å². The second kappa shape index (κ2) is 9.63. The molecule has 3 aromatic rings. The Kier molecular flexibility index (Phi) is 6.72. The zero-order valence-electron chi connectivity index (χ0n) is 16.0. The molecule has 0 saturated heterocycles. The molecule has 2 heterocycles. The van der Waals surface area contributed by atoms with Crippen molar-refractivity contribution in [1.82, 2.24) is 10.3 Å². The van der Waals surface area contributed by atoms with Gasteiger partial charge in [-0.1, -0.05) is 12.1 Å². The molecule has 158 valence electrons. The lowest BCUT2D eigenvalue weighted by molar-refractivity contribution is -0.137. The number of hydrogen-bond acceptors (Lipinski definition) is 5. The molecular formula is C22H16F3N3O3. The van der Waals surface area contributed by atoms with Crippen molar-refractivity contribution in [2.75, 3.05) is 0 Å². The van der Waals surface area contributed by atoms with Crippen LogP contribution in [0.4, 0.5) is 13.2 Å². The summed E-state index contributed by atoms with van der Waals surface area (Å²) in [7, 11) is 0. The van der Waals surface area contributed by atoms with E-state index in [0.717, 1.165) is 12.1 Å². The Hall–Kier alpha value is -4.06. The molecule has 0 aliphatic heterocycles. The van der Waals surface area contributed by atoms with Crippen LogP contribution in [0.5, 0.6) is 5.75 Å². The lowest BCUT2D eigenvalue weighted by Gasteiger charge is -2.09. The minimum atomic E-state index is -4.47. The van der Waals surface area contributed by atoms with Gasteiger partial charge < -0.3 is 14.5 Å². The van der Waals surface area contributed by atoms with Gasteiger partial charge in [0.15, 0.2) is 0 Å². The SMILES string of the molecule is N#C/C(=C\c1ccc(COc2cccc(C(F)(F)F)c2)o1)C(=O)NCc1ccccn1. The highest BCUT2D eigenvalue weighted by Gasteiger charge is 2.30. The summed E-state index contributed by atoms with van der Waals surface area (Å²) in [6.45, 7) is 0.0375. The van der Waals surface area contributed by atoms with Crippen LogP contribution in [-0.2, 0) is 24.1 Å². The smallest absolute Gasteiger partial charge is 0.416 e. The topological polar surface area (TPSA) is 88.1 Å². The fraction of sp³-hybridized carbons (Fsp3) is 0.136. The van der Waals surface area contributed by atoms with E-state index in [2.05, 4.69) is 10.3 Å². The molecular weight excluding hydrogens is 411 g/mol. The van der Waals surface area contributed by atoms with Crippen molar-refractivity contribution >= 4 is 12.0 Å². The van der Waals surface area contributed by atoms with Gasteiger partial charge in [0, 0.05) is 12.3 Å². The second-order valence-electron chi connectivity index (χ2n) is 6.29. The number of amides is 1. The lowest BCUT2D eigenvalue weighted by Crippen LogP contribution is -2.24. The number of carbonyl (C=O) groups is 1. The monoisotopic (exact) mass is 427 g/mol. The van der Waals surface area contributed by atoms with Crippen molar-refractivity contribution in [3.05, 3.63) is 89.1 Å². The molecule has 1 amide bonds. The molecule has 9 heteroatoms. The quantitative estimate of drug-likeness (QED) is 0.443. The molecule has 3 rings (SSSR count). The Morgan fingerprint density at radius 1 is 1.19 bits per heavy atom. The minimum absolute atomic E-state index is 0.0370. The lowest BCUT2D eigenvalue weighted by atomic mass is 10.2. The summed E-state index contributed by atoms with van der Waals surface area (Å²) in [5.74, 6) is -0.0109. The van der Waals surface area contributed by atoms with Crippen LogP contribution in [0.1, 0.15) is 22.8 Å². The number of rotatable bonds is 7. The molecule has 0 bridgehead atoms. The summed E-state index contributed by atoms with van der Waals surface area (Å²) in [4.78, 5) is 16.3. The normalized spacial score (nSPS) is 11.6. The Morgan fingerprint density at radius 3 is 2.74 bits per heavy atom. The van der Waals surface area contributed by atoms with E-state index in [1.807, 2.05) is 0 Å². The zero-order chi connectivity index (χ0) is 22.3. The zero-order valence-corrected chi connectivity index (χ0v) is 16.0. The van der Waals surface area contributed by atoms with Crippen LogP contribution in [0.2, 0.25) is 0 Å². The van der Waals surface area contributed by atoms with Gasteiger partial charge in [-0.05, 0) is 42.5 Å². The van der Waals surface area contributed by atoms with Crippen molar-refractivity contribution in [2.45, 2.75) is 19.3 Å². The van der Waals surface area contributed by atoms with E-state index in [1.165, 1.54) is 24.3 Å². The molecule has 0 radical (unpaired) electrons. The third-order valence-corrected chi connectivity index (χ3v) is 4.03. The molecule has 0 unspecified atom stereocenters. The summed E-state index contributed by atoms with van der Waals surface area (Å²) >= 11 is 0. The summed E-state index contributed by atoms with van der Waals surface area (Å²) in [5, 5.41) is 11.8. The predicted molar refractivity (Wildman–Crippen MR) is 104 cm³/mol. The van der Waals surface area contributed by atoms with Crippen LogP contribution in [0.3, 0.4) is 0 Å². The second-order valence-corrected chi connectivity index (χ2v) is 6.29. The van der Waals surface area contributed by atoms with E-state index in [0.29, 0.717) is 11.5 Å². The largest absolute Gasteiger partial charge is 0.486 e. The summed E-state index contributed by atoms with van der Waals surface area (Å²) in [6.07, 6.45) is -1.61. The van der Waals surface area contributed by atoms with Gasteiger partial charge in [0.1, 0.15) is 35.5 Å². The number of nitrogens with one attached hydrogen (secondary N) is 1. The van der Waals surface area contributed by atoms with Gasteiger partial charge in [0.2, 0.25) is 0 Å². The number of nitriles is 1. The van der Waals surface area contributed by atoms with E-state index < -0.39 is 17.6 Å². The minimum Gasteiger partial charge on any atom is -0.486 e. The summed E-state index contributed by atoms with van der Waals surface area (Å²) in [5.41, 5.74) is -0.348. The first-order chi connectivity index (χ1) is 14.8. The van der Waals surface area contributed by atoms with E-state index in [9.17, 15) is 23.2 Å². The molecule has 0 aliphatic rings. The first kappa shape index (κ1) is 21.6. The number of furan rings is 1. The summed E-state index contributed by atoms with van der Waals surface area (Å²) in [6, 6.07) is 14.6. The Balaban J connectivity index is 1.60. The fourth-order valence-corrected chi connectivity index (χ4v) is 2.53. The molecule has 2 aromatic heterocycles. The molecule has 6 nitrogen and oxygen atoms in total. The van der Waals surface area contributed by atoms with Crippen LogP contribution in [0.25, 0.3) is 6.08 Å². The molecule has 1 aromatic carbocycles. The maximum atomic E-state index is 12.8. The van der Waals surface area contributed by atoms with Crippen LogP contribution < -0.4 is 10.1 Å². The van der Waals surface area contributed by atoms with Crippen molar-refractivity contribution < 1.29 is 27.1 Å². The highest BCUT2D eigenvalue weighted by Crippen LogP contribution is 2.31. The van der Waals surface area contributed by atoms with E-state index in [4.69, 9.17) is 9.15 Å². The van der Waals surface area contributed by atoms with E-state index in [-0.39, 0.29) is 30.2 Å². The molecule has 1 N–H and O–H groups in total. The summed E-state index contributed by atoms with van der Waals surface area (Å²) < 4.78 is 49.1. The third-order valence-electron chi connectivity index (χ3n) is 4.03. The first-order valence-electron chi connectivity index (χ1n) is 9.04. The number of ether oxygens (including phenoxy) is 1. The molecule has 0 fully saturated rings. The van der Waals surface area contributed by atoms with Crippen molar-refractivity contribution in [3.63, 3.8) is 0 Å². The van der Waals surface area contributed by atoms with Crippen LogP contribution in [-0.4, -0.2) is 10.9 Å². The van der Waals surface area contributed by atoms with Crippen molar-refractivity contribution in [1.29, 1.82) is 5.26 Å². The number of carbonyl (C=O) groups excluding carboxylic acids is 1. The van der Waals surface area contributed by atoms with Gasteiger partial charge in [-0.3, -0.25) is 9.78 Å².